The molecule has 3 heterocycles. The van der Waals surface area contributed by atoms with E-state index in [9.17, 15) is 14.4 Å². The molecule has 3 aromatic heterocycles. The van der Waals surface area contributed by atoms with Crippen LogP contribution in [0.2, 0.25) is 0 Å². The topological polar surface area (TPSA) is 95.3 Å². The number of carbonyl (C=O) groups excluding carboxylic acids is 1. The summed E-state index contributed by atoms with van der Waals surface area (Å²) in [6.45, 7) is 2.53. The molecule has 0 saturated heterocycles. The Morgan fingerprint density at radius 1 is 1.10 bits per heavy atom. The highest BCUT2D eigenvalue weighted by Crippen LogP contribution is 2.10. The van der Waals surface area contributed by atoms with Crippen molar-refractivity contribution in [2.24, 2.45) is 0 Å². The molecular weight excluding hydrogens is 398 g/mol. The number of nitrogens with zero attached hydrogens (tertiary/aromatic N) is 5. The molecule has 1 amide bonds. The Bertz CT molecular complexity index is 1320. The lowest BCUT2D eigenvalue weighted by molar-refractivity contribution is -0.131. The fourth-order valence-corrected chi connectivity index (χ4v) is 3.51. The van der Waals surface area contributed by atoms with Crippen molar-refractivity contribution in [3.8, 4) is 0 Å². The Morgan fingerprint density at radius 2 is 1.87 bits per heavy atom. The Balaban J connectivity index is 1.76. The zero-order valence-electron chi connectivity index (χ0n) is 17.4. The predicted octanol–water partition coefficient (Wildman–Crippen LogP) is 1.68. The summed E-state index contributed by atoms with van der Waals surface area (Å²) in [6, 6.07) is 12.9. The molecule has 4 rings (SSSR count). The summed E-state index contributed by atoms with van der Waals surface area (Å²) in [6.07, 6.45) is 3.07. The van der Waals surface area contributed by atoms with Crippen LogP contribution in [0.15, 0.2) is 69.1 Å². The van der Waals surface area contributed by atoms with Gasteiger partial charge in [0, 0.05) is 13.6 Å². The summed E-state index contributed by atoms with van der Waals surface area (Å²) in [4.78, 5) is 45.0. The summed E-state index contributed by atoms with van der Waals surface area (Å²) in [7, 11) is 1.60. The van der Waals surface area contributed by atoms with Crippen LogP contribution >= 0.6 is 0 Å². The molecule has 0 radical (unpaired) electrons. The van der Waals surface area contributed by atoms with Crippen LogP contribution in [0.25, 0.3) is 11.2 Å². The average Bonchev–Trinajstić information content (AvgIpc) is 3.44. The van der Waals surface area contributed by atoms with E-state index in [2.05, 4.69) is 4.98 Å². The second-order valence-corrected chi connectivity index (χ2v) is 7.28. The number of aryl methyl sites for hydroxylation is 1. The van der Waals surface area contributed by atoms with Gasteiger partial charge in [0.05, 0.1) is 25.7 Å². The third-order valence-corrected chi connectivity index (χ3v) is 5.20. The number of imidazole rings is 1. The first-order valence-electron chi connectivity index (χ1n) is 9.98. The van der Waals surface area contributed by atoms with Gasteiger partial charge < -0.3 is 13.9 Å². The van der Waals surface area contributed by atoms with Crippen molar-refractivity contribution in [3.63, 3.8) is 0 Å². The quantitative estimate of drug-likeness (QED) is 0.452. The van der Waals surface area contributed by atoms with Crippen LogP contribution in [0.1, 0.15) is 18.2 Å². The molecule has 160 valence electrons. The van der Waals surface area contributed by atoms with E-state index < -0.39 is 11.2 Å². The van der Waals surface area contributed by atoms with Crippen molar-refractivity contribution in [3.05, 3.63) is 87.2 Å². The molecule has 0 fully saturated rings. The van der Waals surface area contributed by atoms with Crippen molar-refractivity contribution < 1.29 is 9.21 Å². The number of amides is 1. The molecule has 0 aliphatic carbocycles. The number of likely N-dealkylation sites (N-methyl/N-ethyl adjacent to an activating group) is 1. The predicted molar refractivity (Wildman–Crippen MR) is 115 cm³/mol. The number of fused-ring (bicyclic) bond motifs is 1. The third kappa shape index (κ3) is 3.94. The molecule has 4 aromatic rings. The molecule has 9 heteroatoms. The van der Waals surface area contributed by atoms with Crippen LogP contribution in [0.5, 0.6) is 0 Å². The Kier molecular flexibility index (Phi) is 5.57. The molecule has 0 aliphatic heterocycles. The van der Waals surface area contributed by atoms with Crippen molar-refractivity contribution >= 4 is 17.1 Å². The van der Waals surface area contributed by atoms with Gasteiger partial charge in [0.15, 0.2) is 11.2 Å². The van der Waals surface area contributed by atoms with E-state index in [-0.39, 0.29) is 25.5 Å². The van der Waals surface area contributed by atoms with Crippen molar-refractivity contribution in [2.45, 2.75) is 33.1 Å². The maximum atomic E-state index is 13.3. The Hall–Kier alpha value is -3.88. The van der Waals surface area contributed by atoms with Gasteiger partial charge in [-0.25, -0.2) is 14.3 Å². The lowest BCUT2D eigenvalue weighted by Crippen LogP contribution is -2.44. The summed E-state index contributed by atoms with van der Waals surface area (Å²) in [5, 5.41) is 0. The van der Waals surface area contributed by atoms with Crippen LogP contribution in [-0.2, 0) is 31.0 Å². The fourth-order valence-electron chi connectivity index (χ4n) is 3.51. The van der Waals surface area contributed by atoms with Crippen LogP contribution in [-0.4, -0.2) is 36.5 Å². The van der Waals surface area contributed by atoms with Gasteiger partial charge in [-0.2, -0.15) is 0 Å². The second kappa shape index (κ2) is 8.47. The van der Waals surface area contributed by atoms with Crippen LogP contribution < -0.4 is 11.2 Å². The zero-order chi connectivity index (χ0) is 22.0. The van der Waals surface area contributed by atoms with Gasteiger partial charge in [0.2, 0.25) is 5.91 Å². The Labute approximate surface area is 177 Å². The van der Waals surface area contributed by atoms with Gasteiger partial charge in [0.25, 0.3) is 5.56 Å². The first-order valence-corrected chi connectivity index (χ1v) is 9.98. The van der Waals surface area contributed by atoms with Gasteiger partial charge in [0.1, 0.15) is 12.3 Å². The molecule has 9 nitrogen and oxygen atoms in total. The fraction of sp³-hybridized carbons (Fsp3) is 0.273. The van der Waals surface area contributed by atoms with E-state index in [4.69, 9.17) is 4.42 Å². The van der Waals surface area contributed by atoms with E-state index in [1.807, 2.05) is 37.3 Å². The first-order chi connectivity index (χ1) is 15.0. The molecule has 0 atom stereocenters. The average molecular weight is 421 g/mol. The van der Waals surface area contributed by atoms with E-state index >= 15 is 0 Å². The second-order valence-electron chi connectivity index (χ2n) is 7.28. The monoisotopic (exact) mass is 421 g/mol. The van der Waals surface area contributed by atoms with Crippen LogP contribution in [0.4, 0.5) is 0 Å². The SMILES string of the molecule is CCn1cnc2c1c(=O)n(CC(=O)N(C)Cc1ccco1)c(=O)n2Cc1ccccc1. The molecule has 1 aromatic carbocycles. The number of hydrogen-bond acceptors (Lipinski definition) is 5. The molecule has 0 aliphatic rings. The molecule has 0 unspecified atom stereocenters. The molecular formula is C22H23N5O4. The maximum Gasteiger partial charge on any atom is 0.333 e. The lowest BCUT2D eigenvalue weighted by atomic mass is 10.2. The first kappa shape index (κ1) is 20.4. The van der Waals surface area contributed by atoms with Gasteiger partial charge in [-0.05, 0) is 24.6 Å². The highest BCUT2D eigenvalue weighted by atomic mass is 16.3. The minimum Gasteiger partial charge on any atom is -0.467 e. The number of rotatable bonds is 7. The molecule has 31 heavy (non-hydrogen) atoms. The largest absolute Gasteiger partial charge is 0.467 e. The smallest absolute Gasteiger partial charge is 0.333 e. The van der Waals surface area contributed by atoms with Gasteiger partial charge in [-0.3, -0.25) is 14.2 Å². The summed E-state index contributed by atoms with van der Waals surface area (Å²) in [5.41, 5.74) is 0.419. The van der Waals surface area contributed by atoms with Gasteiger partial charge >= 0.3 is 5.69 Å². The highest BCUT2D eigenvalue weighted by Gasteiger charge is 2.21. The van der Waals surface area contributed by atoms with Crippen LogP contribution in [0, 0.1) is 0 Å². The standard InChI is InChI=1S/C22H23N5O4/c1-3-25-15-23-20-19(25)21(29)27(14-18(28)24(2)13-17-10-7-11-31-17)22(30)26(20)12-16-8-5-4-6-9-16/h4-11,15H,3,12-14H2,1-2H3. The third-order valence-electron chi connectivity index (χ3n) is 5.20. The summed E-state index contributed by atoms with van der Waals surface area (Å²) >= 11 is 0. The number of hydrogen-bond donors (Lipinski definition) is 0. The maximum absolute atomic E-state index is 13.3. The van der Waals surface area contributed by atoms with E-state index in [1.165, 1.54) is 15.7 Å². The van der Waals surface area contributed by atoms with E-state index in [0.717, 1.165) is 10.1 Å². The molecule has 0 bridgehead atoms. The number of furan rings is 1. The number of aromatic nitrogens is 4. The van der Waals surface area contributed by atoms with Gasteiger partial charge in [-0.1, -0.05) is 30.3 Å². The summed E-state index contributed by atoms with van der Waals surface area (Å²) in [5.74, 6) is 0.243. The van der Waals surface area contributed by atoms with E-state index in [0.29, 0.717) is 23.5 Å². The Morgan fingerprint density at radius 3 is 2.55 bits per heavy atom. The van der Waals surface area contributed by atoms with Crippen molar-refractivity contribution in [2.75, 3.05) is 7.05 Å². The van der Waals surface area contributed by atoms with E-state index in [1.54, 1.807) is 30.1 Å². The summed E-state index contributed by atoms with van der Waals surface area (Å²) < 4.78 is 9.39. The minimum absolute atomic E-state index is 0.244. The van der Waals surface area contributed by atoms with Crippen molar-refractivity contribution in [1.82, 2.24) is 23.6 Å². The minimum atomic E-state index is -0.567. The zero-order valence-corrected chi connectivity index (χ0v) is 17.4. The van der Waals surface area contributed by atoms with Crippen molar-refractivity contribution in [1.29, 1.82) is 0 Å². The lowest BCUT2D eigenvalue weighted by Gasteiger charge is -2.17. The van der Waals surface area contributed by atoms with Gasteiger partial charge in [-0.15, -0.1) is 0 Å². The van der Waals surface area contributed by atoms with Crippen LogP contribution in [0.3, 0.4) is 0 Å². The normalized spacial score (nSPS) is 11.2. The molecule has 0 N–H and O–H groups in total. The highest BCUT2D eigenvalue weighted by molar-refractivity contribution is 5.76. The molecule has 0 saturated carbocycles. The number of benzene rings is 1. The molecule has 0 spiro atoms. The number of carbonyl (C=O) groups is 1.